The van der Waals surface area contributed by atoms with Crippen molar-refractivity contribution < 1.29 is 13.3 Å². The molecular weight excluding hydrogens is 294 g/mol. The van der Waals surface area contributed by atoms with Crippen LogP contribution >= 0.6 is 0 Å². The van der Waals surface area contributed by atoms with Gasteiger partial charge < -0.3 is 5.73 Å². The van der Waals surface area contributed by atoms with Gasteiger partial charge in [-0.2, -0.15) is 4.31 Å². The average Bonchev–Trinajstić information content (AvgIpc) is 2.47. The number of nitro groups is 1. The molecule has 2 atom stereocenters. The molecule has 116 valence electrons. The van der Waals surface area contributed by atoms with Crippen molar-refractivity contribution in [1.82, 2.24) is 4.31 Å². The SMILES string of the molecule is CC(N)C1CCCCN1S(=O)(=O)c1ccc([N+](=O)[O-])cc1. The van der Waals surface area contributed by atoms with Crippen LogP contribution in [0.2, 0.25) is 0 Å². The molecule has 21 heavy (non-hydrogen) atoms. The second-order valence-electron chi connectivity index (χ2n) is 5.29. The maximum absolute atomic E-state index is 12.7. The van der Waals surface area contributed by atoms with Gasteiger partial charge in [0.05, 0.1) is 9.82 Å². The van der Waals surface area contributed by atoms with Crippen molar-refractivity contribution >= 4 is 15.7 Å². The molecule has 0 aromatic heterocycles. The Kier molecular flexibility index (Phi) is 4.60. The normalized spacial score (nSPS) is 21.9. The average molecular weight is 313 g/mol. The first-order valence-corrected chi connectivity index (χ1v) is 8.30. The van der Waals surface area contributed by atoms with Crippen molar-refractivity contribution in [3.05, 3.63) is 34.4 Å². The molecule has 8 heteroatoms. The van der Waals surface area contributed by atoms with Crippen LogP contribution in [0.1, 0.15) is 26.2 Å². The van der Waals surface area contributed by atoms with Gasteiger partial charge in [0, 0.05) is 30.8 Å². The maximum Gasteiger partial charge on any atom is 0.269 e. The molecule has 1 saturated heterocycles. The van der Waals surface area contributed by atoms with Gasteiger partial charge in [-0.3, -0.25) is 10.1 Å². The number of nitrogens with zero attached hydrogens (tertiary/aromatic N) is 2. The van der Waals surface area contributed by atoms with E-state index in [9.17, 15) is 18.5 Å². The van der Waals surface area contributed by atoms with Crippen LogP contribution in [0.15, 0.2) is 29.2 Å². The fourth-order valence-electron chi connectivity index (χ4n) is 2.63. The lowest BCUT2D eigenvalue weighted by Crippen LogP contribution is -2.51. The molecule has 7 nitrogen and oxygen atoms in total. The third kappa shape index (κ3) is 3.22. The molecule has 0 amide bonds. The number of hydrogen-bond acceptors (Lipinski definition) is 5. The lowest BCUT2D eigenvalue weighted by molar-refractivity contribution is -0.384. The second-order valence-corrected chi connectivity index (χ2v) is 7.18. The molecule has 0 bridgehead atoms. The number of hydrogen-bond donors (Lipinski definition) is 1. The first-order valence-electron chi connectivity index (χ1n) is 6.86. The zero-order chi connectivity index (χ0) is 15.6. The Hall–Kier alpha value is -1.51. The molecule has 2 N–H and O–H groups in total. The Morgan fingerprint density at radius 3 is 2.48 bits per heavy atom. The summed E-state index contributed by atoms with van der Waals surface area (Å²) in [7, 11) is -3.67. The fourth-order valence-corrected chi connectivity index (χ4v) is 4.40. The molecule has 0 aliphatic carbocycles. The van der Waals surface area contributed by atoms with Gasteiger partial charge in [0.1, 0.15) is 0 Å². The number of nitro benzene ring substituents is 1. The maximum atomic E-state index is 12.7. The van der Waals surface area contributed by atoms with Crippen molar-refractivity contribution in [2.24, 2.45) is 5.73 Å². The Labute approximate surface area is 123 Å². The van der Waals surface area contributed by atoms with Crippen molar-refractivity contribution in [2.45, 2.75) is 43.2 Å². The molecule has 2 unspecified atom stereocenters. The van der Waals surface area contributed by atoms with E-state index in [4.69, 9.17) is 5.73 Å². The van der Waals surface area contributed by atoms with E-state index >= 15 is 0 Å². The van der Waals surface area contributed by atoms with Gasteiger partial charge >= 0.3 is 0 Å². The highest BCUT2D eigenvalue weighted by Gasteiger charge is 2.35. The fraction of sp³-hybridized carbons (Fsp3) is 0.538. The Balaban J connectivity index is 2.33. The van der Waals surface area contributed by atoms with Crippen LogP contribution in [0.4, 0.5) is 5.69 Å². The van der Waals surface area contributed by atoms with Gasteiger partial charge in [0.15, 0.2) is 0 Å². The number of rotatable bonds is 4. The van der Waals surface area contributed by atoms with Crippen molar-refractivity contribution in [1.29, 1.82) is 0 Å². The molecule has 1 aliphatic heterocycles. The summed E-state index contributed by atoms with van der Waals surface area (Å²) < 4.78 is 26.8. The summed E-state index contributed by atoms with van der Waals surface area (Å²) in [5, 5.41) is 10.6. The molecular formula is C13H19N3O4S. The lowest BCUT2D eigenvalue weighted by Gasteiger charge is -2.36. The number of non-ortho nitro benzene ring substituents is 1. The standard InChI is InChI=1S/C13H19N3O4S/c1-10(14)13-4-2-3-9-15(13)21(19,20)12-7-5-11(6-8-12)16(17)18/h5-8,10,13H,2-4,9,14H2,1H3. The highest BCUT2D eigenvalue weighted by Crippen LogP contribution is 2.27. The summed E-state index contributed by atoms with van der Waals surface area (Å²) in [6, 6.07) is 4.49. The topological polar surface area (TPSA) is 107 Å². The van der Waals surface area contributed by atoms with Crippen LogP contribution in [-0.2, 0) is 10.0 Å². The second kappa shape index (κ2) is 6.08. The van der Waals surface area contributed by atoms with E-state index in [0.717, 1.165) is 19.3 Å². The molecule has 1 fully saturated rings. The van der Waals surface area contributed by atoms with E-state index < -0.39 is 14.9 Å². The summed E-state index contributed by atoms with van der Waals surface area (Å²) >= 11 is 0. The first kappa shape index (κ1) is 15.9. The molecule has 1 heterocycles. The predicted octanol–water partition coefficient (Wildman–Crippen LogP) is 1.49. The van der Waals surface area contributed by atoms with E-state index in [1.165, 1.54) is 28.6 Å². The van der Waals surface area contributed by atoms with Crippen LogP contribution in [0.5, 0.6) is 0 Å². The van der Waals surface area contributed by atoms with E-state index in [1.807, 2.05) is 0 Å². The highest BCUT2D eigenvalue weighted by molar-refractivity contribution is 7.89. The number of sulfonamides is 1. The summed E-state index contributed by atoms with van der Waals surface area (Å²) in [4.78, 5) is 10.2. The molecule has 2 rings (SSSR count). The Morgan fingerprint density at radius 1 is 1.33 bits per heavy atom. The largest absolute Gasteiger partial charge is 0.326 e. The third-order valence-electron chi connectivity index (χ3n) is 3.76. The minimum Gasteiger partial charge on any atom is -0.326 e. The van der Waals surface area contributed by atoms with Crippen molar-refractivity contribution in [3.63, 3.8) is 0 Å². The molecule has 0 saturated carbocycles. The zero-order valence-electron chi connectivity index (χ0n) is 11.8. The smallest absolute Gasteiger partial charge is 0.269 e. The van der Waals surface area contributed by atoms with E-state index in [1.54, 1.807) is 6.92 Å². The van der Waals surface area contributed by atoms with Gasteiger partial charge in [0.25, 0.3) is 5.69 Å². The van der Waals surface area contributed by atoms with Gasteiger partial charge in [-0.25, -0.2) is 8.42 Å². The third-order valence-corrected chi connectivity index (χ3v) is 5.70. The van der Waals surface area contributed by atoms with Gasteiger partial charge in [-0.05, 0) is 31.9 Å². The molecule has 0 spiro atoms. The number of benzene rings is 1. The van der Waals surface area contributed by atoms with E-state index in [2.05, 4.69) is 0 Å². The lowest BCUT2D eigenvalue weighted by atomic mass is 10.00. The molecule has 1 aromatic carbocycles. The summed E-state index contributed by atoms with van der Waals surface area (Å²) in [6.07, 6.45) is 2.50. The van der Waals surface area contributed by atoms with Crippen LogP contribution in [0.25, 0.3) is 0 Å². The monoisotopic (exact) mass is 313 g/mol. The van der Waals surface area contributed by atoms with Gasteiger partial charge in [-0.15, -0.1) is 0 Å². The van der Waals surface area contributed by atoms with Gasteiger partial charge in [-0.1, -0.05) is 6.42 Å². The summed E-state index contributed by atoms with van der Waals surface area (Å²) in [5.74, 6) is 0. The van der Waals surface area contributed by atoms with Crippen molar-refractivity contribution in [3.8, 4) is 0 Å². The Bertz CT molecular complexity index is 613. The van der Waals surface area contributed by atoms with Crippen LogP contribution in [-0.4, -0.2) is 36.3 Å². The first-order chi connectivity index (χ1) is 9.84. The number of nitrogens with two attached hydrogens (primary N) is 1. The minimum absolute atomic E-state index is 0.0700. The van der Waals surface area contributed by atoms with Gasteiger partial charge in [0.2, 0.25) is 10.0 Å². The van der Waals surface area contributed by atoms with Crippen LogP contribution in [0.3, 0.4) is 0 Å². The van der Waals surface area contributed by atoms with E-state index in [-0.39, 0.29) is 22.7 Å². The molecule has 0 radical (unpaired) electrons. The zero-order valence-corrected chi connectivity index (χ0v) is 12.6. The highest BCUT2D eigenvalue weighted by atomic mass is 32.2. The minimum atomic E-state index is -3.67. The number of piperidine rings is 1. The Morgan fingerprint density at radius 2 is 1.95 bits per heavy atom. The van der Waals surface area contributed by atoms with Crippen LogP contribution < -0.4 is 5.73 Å². The summed E-state index contributed by atoms with van der Waals surface area (Å²) in [5.41, 5.74) is 5.77. The molecule has 1 aliphatic rings. The van der Waals surface area contributed by atoms with E-state index in [0.29, 0.717) is 6.54 Å². The van der Waals surface area contributed by atoms with Crippen molar-refractivity contribution in [2.75, 3.05) is 6.54 Å². The summed E-state index contributed by atoms with van der Waals surface area (Å²) in [6.45, 7) is 2.24. The van der Waals surface area contributed by atoms with Crippen LogP contribution in [0, 0.1) is 10.1 Å². The quantitative estimate of drug-likeness (QED) is 0.669. The molecule has 1 aromatic rings. The predicted molar refractivity (Wildman–Crippen MR) is 78.3 cm³/mol.